The molecule has 0 fully saturated rings. The summed E-state index contributed by atoms with van der Waals surface area (Å²) < 4.78 is 7.79. The lowest BCUT2D eigenvalue weighted by Gasteiger charge is -2.13. The molecular formula is C19H20N4O2. The molecule has 128 valence electrons. The van der Waals surface area contributed by atoms with Crippen molar-refractivity contribution in [3.63, 3.8) is 0 Å². The number of nitrogens with one attached hydrogen (secondary N) is 1. The number of nitrogens with zero attached hydrogens (tertiary/aromatic N) is 3. The summed E-state index contributed by atoms with van der Waals surface area (Å²) in [6.07, 6.45) is 7.18. The molecule has 6 heteroatoms. The summed E-state index contributed by atoms with van der Waals surface area (Å²) in [4.78, 5) is 20.4. The molecule has 0 saturated heterocycles. The number of rotatable bonds is 6. The average Bonchev–Trinajstić information content (AvgIpc) is 3.12. The summed E-state index contributed by atoms with van der Waals surface area (Å²) in [6.45, 7) is 4.59. The summed E-state index contributed by atoms with van der Waals surface area (Å²) in [5, 5.41) is 2.87. The molecule has 0 saturated carbocycles. The maximum Gasteiger partial charge on any atom is 0.243 e. The number of imidazole rings is 1. The van der Waals surface area contributed by atoms with Gasteiger partial charge in [0.1, 0.15) is 11.4 Å². The molecule has 3 rings (SSSR count). The predicted molar refractivity (Wildman–Crippen MR) is 95.7 cm³/mol. The fourth-order valence-corrected chi connectivity index (χ4v) is 2.37. The first kappa shape index (κ1) is 16.7. The molecule has 1 amide bonds. The van der Waals surface area contributed by atoms with Crippen LogP contribution in [-0.4, -0.2) is 20.4 Å². The van der Waals surface area contributed by atoms with Crippen molar-refractivity contribution in [2.24, 2.45) is 0 Å². The van der Waals surface area contributed by atoms with Crippen LogP contribution in [0.2, 0.25) is 0 Å². The fourth-order valence-electron chi connectivity index (χ4n) is 2.37. The molecule has 0 bridgehead atoms. The highest BCUT2D eigenvalue weighted by molar-refractivity contribution is 5.91. The maximum atomic E-state index is 12.2. The lowest BCUT2D eigenvalue weighted by Crippen LogP contribution is -2.14. The molecule has 3 aromatic rings. The Kier molecular flexibility index (Phi) is 5.09. The van der Waals surface area contributed by atoms with E-state index in [0.717, 1.165) is 16.9 Å². The minimum absolute atomic E-state index is 0.104. The number of aryl methyl sites for hydroxylation is 2. The number of anilines is 1. The summed E-state index contributed by atoms with van der Waals surface area (Å²) in [7, 11) is 0. The van der Waals surface area contributed by atoms with Crippen molar-refractivity contribution in [3.8, 4) is 11.6 Å². The van der Waals surface area contributed by atoms with Gasteiger partial charge in [0.25, 0.3) is 0 Å². The maximum absolute atomic E-state index is 12.2. The lowest BCUT2D eigenvalue weighted by atomic mass is 10.1. The number of amides is 1. The smallest absolute Gasteiger partial charge is 0.243 e. The monoisotopic (exact) mass is 336 g/mol. The van der Waals surface area contributed by atoms with Crippen LogP contribution in [-0.2, 0) is 11.3 Å². The van der Waals surface area contributed by atoms with Gasteiger partial charge in [-0.15, -0.1) is 0 Å². The van der Waals surface area contributed by atoms with Crippen LogP contribution >= 0.6 is 0 Å². The van der Waals surface area contributed by atoms with Gasteiger partial charge in [-0.1, -0.05) is 12.1 Å². The lowest BCUT2D eigenvalue weighted by molar-refractivity contribution is -0.116. The first-order valence-electron chi connectivity index (χ1n) is 8.08. The molecule has 0 atom stereocenters. The molecule has 1 N–H and O–H groups in total. The molecule has 2 heterocycles. The average molecular weight is 336 g/mol. The second kappa shape index (κ2) is 7.61. The minimum atomic E-state index is -0.104. The highest BCUT2D eigenvalue weighted by Gasteiger charge is 2.11. The Morgan fingerprint density at radius 3 is 2.88 bits per heavy atom. The van der Waals surface area contributed by atoms with Crippen LogP contribution in [0.4, 0.5) is 5.69 Å². The van der Waals surface area contributed by atoms with Crippen molar-refractivity contribution in [2.45, 2.75) is 26.8 Å². The van der Waals surface area contributed by atoms with E-state index in [4.69, 9.17) is 4.74 Å². The normalized spacial score (nSPS) is 10.5. The van der Waals surface area contributed by atoms with Crippen LogP contribution in [0.3, 0.4) is 0 Å². The van der Waals surface area contributed by atoms with Gasteiger partial charge < -0.3 is 14.6 Å². The second-order valence-electron chi connectivity index (χ2n) is 5.75. The van der Waals surface area contributed by atoms with E-state index in [1.54, 1.807) is 30.9 Å². The van der Waals surface area contributed by atoms with E-state index in [1.165, 1.54) is 0 Å². The first-order chi connectivity index (χ1) is 12.1. The zero-order valence-electron chi connectivity index (χ0n) is 14.3. The number of pyridine rings is 1. The van der Waals surface area contributed by atoms with Crippen LogP contribution in [0.5, 0.6) is 11.6 Å². The second-order valence-corrected chi connectivity index (χ2v) is 5.75. The molecule has 0 aliphatic rings. The molecule has 0 aliphatic carbocycles. The quantitative estimate of drug-likeness (QED) is 0.745. The number of carbonyl (C=O) groups is 1. The molecule has 0 unspecified atom stereocenters. The van der Waals surface area contributed by atoms with E-state index in [-0.39, 0.29) is 5.91 Å². The molecular weight excluding hydrogens is 316 g/mol. The Morgan fingerprint density at radius 2 is 2.08 bits per heavy atom. The summed E-state index contributed by atoms with van der Waals surface area (Å²) >= 11 is 0. The van der Waals surface area contributed by atoms with E-state index in [0.29, 0.717) is 24.5 Å². The number of aromatic nitrogens is 3. The summed E-state index contributed by atoms with van der Waals surface area (Å²) in [6, 6.07) is 9.40. The van der Waals surface area contributed by atoms with Crippen molar-refractivity contribution in [1.29, 1.82) is 0 Å². The van der Waals surface area contributed by atoms with Gasteiger partial charge in [-0.05, 0) is 43.2 Å². The van der Waals surface area contributed by atoms with Gasteiger partial charge >= 0.3 is 0 Å². The van der Waals surface area contributed by atoms with Crippen molar-refractivity contribution < 1.29 is 9.53 Å². The van der Waals surface area contributed by atoms with Gasteiger partial charge in [-0.2, -0.15) is 0 Å². The van der Waals surface area contributed by atoms with E-state index >= 15 is 0 Å². The van der Waals surface area contributed by atoms with Crippen molar-refractivity contribution in [1.82, 2.24) is 14.5 Å². The molecule has 25 heavy (non-hydrogen) atoms. The van der Waals surface area contributed by atoms with Crippen LogP contribution in [0, 0.1) is 13.8 Å². The van der Waals surface area contributed by atoms with Gasteiger partial charge in [0.2, 0.25) is 11.8 Å². The van der Waals surface area contributed by atoms with Crippen molar-refractivity contribution in [3.05, 3.63) is 66.4 Å². The third-order valence-corrected chi connectivity index (χ3v) is 3.96. The number of benzene rings is 1. The van der Waals surface area contributed by atoms with Crippen LogP contribution in [0.1, 0.15) is 17.5 Å². The number of hydrogen-bond donors (Lipinski definition) is 1. The zero-order valence-corrected chi connectivity index (χ0v) is 14.3. The van der Waals surface area contributed by atoms with Crippen LogP contribution in [0.25, 0.3) is 0 Å². The predicted octanol–water partition coefficient (Wildman–Crippen LogP) is 3.72. The first-order valence-corrected chi connectivity index (χ1v) is 8.08. The molecule has 1 aromatic carbocycles. The fraction of sp³-hybridized carbons (Fsp3) is 0.211. The van der Waals surface area contributed by atoms with E-state index < -0.39 is 0 Å². The molecule has 0 spiro atoms. The number of hydrogen-bond acceptors (Lipinski definition) is 4. The third-order valence-electron chi connectivity index (χ3n) is 3.96. The largest absolute Gasteiger partial charge is 0.437 e. The Balaban J connectivity index is 1.70. The molecule has 0 aliphatic heterocycles. The SMILES string of the molecule is Cc1cccc(Oc2ncccc2NC(=O)CCn2ccnc2)c1C. The molecule has 0 radical (unpaired) electrons. The standard InChI is InChI=1S/C19H20N4O2/c1-14-5-3-7-17(15(14)2)25-19-16(6-4-9-21-19)22-18(24)8-11-23-12-10-20-13-23/h3-7,9-10,12-13H,8,11H2,1-2H3,(H,22,24). The number of ether oxygens (including phenoxy) is 1. The Bertz CT molecular complexity index is 860. The zero-order chi connectivity index (χ0) is 17.6. The van der Waals surface area contributed by atoms with Gasteiger partial charge in [-0.25, -0.2) is 9.97 Å². The van der Waals surface area contributed by atoms with E-state index in [2.05, 4.69) is 15.3 Å². The Labute approximate surface area is 146 Å². The topological polar surface area (TPSA) is 69.0 Å². The Hall–Kier alpha value is -3.15. The summed E-state index contributed by atoms with van der Waals surface area (Å²) in [5.41, 5.74) is 2.74. The van der Waals surface area contributed by atoms with Crippen molar-refractivity contribution in [2.75, 3.05) is 5.32 Å². The summed E-state index contributed by atoms with van der Waals surface area (Å²) in [5.74, 6) is 1.01. The van der Waals surface area contributed by atoms with Crippen molar-refractivity contribution >= 4 is 11.6 Å². The van der Waals surface area contributed by atoms with Gasteiger partial charge in [-0.3, -0.25) is 4.79 Å². The molecule has 6 nitrogen and oxygen atoms in total. The van der Waals surface area contributed by atoms with Gasteiger partial charge in [0.05, 0.1) is 6.33 Å². The highest BCUT2D eigenvalue weighted by atomic mass is 16.5. The Morgan fingerprint density at radius 1 is 1.20 bits per heavy atom. The molecule has 2 aromatic heterocycles. The van der Waals surface area contributed by atoms with Crippen LogP contribution in [0.15, 0.2) is 55.2 Å². The van der Waals surface area contributed by atoms with Gasteiger partial charge in [0, 0.05) is 31.6 Å². The van der Waals surface area contributed by atoms with E-state index in [1.807, 2.05) is 42.8 Å². The van der Waals surface area contributed by atoms with E-state index in [9.17, 15) is 4.79 Å². The highest BCUT2D eigenvalue weighted by Crippen LogP contribution is 2.30. The third kappa shape index (κ3) is 4.23. The van der Waals surface area contributed by atoms with Crippen LogP contribution < -0.4 is 10.1 Å². The number of carbonyl (C=O) groups excluding carboxylic acids is 1. The van der Waals surface area contributed by atoms with Gasteiger partial charge in [0.15, 0.2) is 0 Å². The minimum Gasteiger partial charge on any atom is -0.437 e.